The van der Waals surface area contributed by atoms with Crippen molar-refractivity contribution < 1.29 is 18.3 Å². The molecule has 0 unspecified atom stereocenters. The molecule has 5 aromatic rings. The van der Waals surface area contributed by atoms with Crippen molar-refractivity contribution in [1.29, 1.82) is 0 Å². The van der Waals surface area contributed by atoms with Gasteiger partial charge in [0.15, 0.2) is 12.2 Å². The van der Waals surface area contributed by atoms with Gasteiger partial charge in [0.1, 0.15) is 29.7 Å². The van der Waals surface area contributed by atoms with Crippen molar-refractivity contribution >= 4 is 22.7 Å². The summed E-state index contributed by atoms with van der Waals surface area (Å²) in [5.41, 5.74) is 3.66. The number of nitrogens with zero attached hydrogens (tertiary/aromatic N) is 4. The number of amides is 1. The Hall–Kier alpha value is -4.53. The number of fused-ring (bicyclic) bond motifs is 1. The quantitative estimate of drug-likeness (QED) is 0.377. The second-order valence-electron chi connectivity index (χ2n) is 7.54. The van der Waals surface area contributed by atoms with Crippen molar-refractivity contribution in [3.63, 3.8) is 0 Å². The fraction of sp³-hybridized carbons (Fsp3) is 0.120. The van der Waals surface area contributed by atoms with Gasteiger partial charge in [-0.3, -0.25) is 9.36 Å². The van der Waals surface area contributed by atoms with Crippen molar-refractivity contribution in [2.45, 2.75) is 13.3 Å². The van der Waals surface area contributed by atoms with Gasteiger partial charge in [-0.05, 0) is 54.4 Å². The van der Waals surface area contributed by atoms with Crippen LogP contribution >= 0.6 is 0 Å². The molecule has 8 nitrogen and oxygen atoms in total. The summed E-state index contributed by atoms with van der Waals surface area (Å²) < 4.78 is 27.3. The molecule has 0 atom stereocenters. The first kappa shape index (κ1) is 21.3. The van der Waals surface area contributed by atoms with Crippen LogP contribution in [0.15, 0.2) is 77.7 Å². The van der Waals surface area contributed by atoms with Gasteiger partial charge >= 0.3 is 0 Å². The molecule has 0 radical (unpaired) electrons. The Morgan fingerprint density at radius 2 is 1.91 bits per heavy atom. The number of hydrogen-bond acceptors (Lipinski definition) is 6. The van der Waals surface area contributed by atoms with Gasteiger partial charge in [-0.25, -0.2) is 9.37 Å². The molecule has 1 amide bonds. The minimum absolute atomic E-state index is 0.178. The lowest BCUT2D eigenvalue weighted by Crippen LogP contribution is -2.20. The maximum Gasteiger partial charge on any atom is 0.262 e. The molecular weight excluding hydrogens is 437 g/mol. The number of halogens is 1. The Balaban J connectivity index is 1.30. The lowest BCUT2D eigenvalue weighted by molar-refractivity contribution is -0.118. The summed E-state index contributed by atoms with van der Waals surface area (Å²) in [4.78, 5) is 16.9. The second kappa shape index (κ2) is 9.14. The molecule has 1 N–H and O–H groups in total. The fourth-order valence-corrected chi connectivity index (χ4v) is 3.53. The van der Waals surface area contributed by atoms with Crippen LogP contribution in [0.1, 0.15) is 12.5 Å². The number of nitrogens with one attached hydrogen (secondary N) is 1. The number of anilines is 1. The maximum absolute atomic E-state index is 14.1. The number of rotatable bonds is 7. The molecule has 34 heavy (non-hydrogen) atoms. The molecule has 0 aliphatic rings. The monoisotopic (exact) mass is 457 g/mol. The van der Waals surface area contributed by atoms with Gasteiger partial charge in [0.05, 0.1) is 11.3 Å². The molecule has 0 saturated heterocycles. The SMILES string of the molecule is CCc1ccc(OCC(=O)Nc2ccc3oc(-c4ccccc4F)nc3c2)c(-n2cnnc2)c1. The van der Waals surface area contributed by atoms with E-state index in [0.717, 1.165) is 17.7 Å². The Kier molecular flexibility index (Phi) is 5.73. The Labute approximate surface area is 194 Å². The molecule has 3 aromatic carbocycles. The van der Waals surface area contributed by atoms with Crippen LogP contribution in [0.4, 0.5) is 10.1 Å². The number of aromatic nitrogens is 4. The summed E-state index contributed by atoms with van der Waals surface area (Å²) >= 11 is 0. The molecule has 0 saturated carbocycles. The van der Waals surface area contributed by atoms with Crippen molar-refractivity contribution in [1.82, 2.24) is 19.7 Å². The third kappa shape index (κ3) is 4.36. The third-order valence-electron chi connectivity index (χ3n) is 5.26. The standard InChI is InChI=1S/C25H20FN5O3/c1-2-16-7-9-23(21(11-16)31-14-27-28-15-31)33-13-24(32)29-17-8-10-22-20(12-17)30-25(34-22)18-5-3-4-6-19(18)26/h3-12,14-15H,2,13H2,1H3,(H,29,32). The normalized spacial score (nSPS) is 11.0. The van der Waals surface area contributed by atoms with Gasteiger partial charge in [0, 0.05) is 5.69 Å². The Morgan fingerprint density at radius 3 is 2.71 bits per heavy atom. The number of carbonyl (C=O) groups excluding carboxylic acids is 1. The summed E-state index contributed by atoms with van der Waals surface area (Å²) in [7, 11) is 0. The van der Waals surface area contributed by atoms with Crippen LogP contribution in [-0.2, 0) is 11.2 Å². The molecule has 0 fully saturated rings. The van der Waals surface area contributed by atoms with Crippen LogP contribution in [0.3, 0.4) is 0 Å². The van der Waals surface area contributed by atoms with Crippen LogP contribution in [0.5, 0.6) is 5.75 Å². The molecule has 2 heterocycles. The lowest BCUT2D eigenvalue weighted by Gasteiger charge is -2.13. The van der Waals surface area contributed by atoms with Crippen LogP contribution in [0, 0.1) is 5.82 Å². The van der Waals surface area contributed by atoms with Gasteiger partial charge < -0.3 is 14.5 Å². The summed E-state index contributed by atoms with van der Waals surface area (Å²) in [5, 5.41) is 10.5. The average Bonchev–Trinajstić information content (AvgIpc) is 3.53. The van der Waals surface area contributed by atoms with E-state index in [4.69, 9.17) is 9.15 Å². The highest BCUT2D eigenvalue weighted by molar-refractivity contribution is 5.94. The lowest BCUT2D eigenvalue weighted by atomic mass is 10.1. The Morgan fingerprint density at radius 1 is 1.09 bits per heavy atom. The molecule has 0 aliphatic carbocycles. The highest BCUT2D eigenvalue weighted by atomic mass is 19.1. The molecule has 0 aliphatic heterocycles. The van der Waals surface area contributed by atoms with Gasteiger partial charge in [0.25, 0.3) is 5.91 Å². The van der Waals surface area contributed by atoms with Crippen LogP contribution in [0.2, 0.25) is 0 Å². The third-order valence-corrected chi connectivity index (χ3v) is 5.26. The summed E-state index contributed by atoms with van der Waals surface area (Å²) in [6, 6.07) is 17.0. The summed E-state index contributed by atoms with van der Waals surface area (Å²) in [5.74, 6) is -0.0467. The molecule has 0 spiro atoms. The van der Waals surface area contributed by atoms with E-state index in [-0.39, 0.29) is 24.0 Å². The number of carbonyl (C=O) groups is 1. The minimum Gasteiger partial charge on any atom is -0.482 e. The summed E-state index contributed by atoms with van der Waals surface area (Å²) in [6.45, 7) is 1.86. The molecular formula is C25H20FN5O3. The molecule has 170 valence electrons. The van der Waals surface area contributed by atoms with Crippen molar-refractivity contribution in [3.05, 3.63) is 84.7 Å². The van der Waals surface area contributed by atoms with Crippen molar-refractivity contribution in [2.24, 2.45) is 0 Å². The summed E-state index contributed by atoms with van der Waals surface area (Å²) in [6.07, 6.45) is 4.01. The van der Waals surface area contributed by atoms with E-state index in [1.807, 2.05) is 18.2 Å². The number of hydrogen-bond donors (Lipinski definition) is 1. The molecule has 2 aromatic heterocycles. The van der Waals surface area contributed by atoms with E-state index in [1.54, 1.807) is 53.6 Å². The zero-order valence-electron chi connectivity index (χ0n) is 18.2. The Bertz CT molecular complexity index is 1460. The molecule has 9 heteroatoms. The van der Waals surface area contributed by atoms with E-state index in [0.29, 0.717) is 22.5 Å². The highest BCUT2D eigenvalue weighted by Gasteiger charge is 2.14. The largest absolute Gasteiger partial charge is 0.482 e. The predicted molar refractivity (Wildman–Crippen MR) is 124 cm³/mol. The van der Waals surface area contributed by atoms with Crippen LogP contribution in [0.25, 0.3) is 28.2 Å². The smallest absolute Gasteiger partial charge is 0.262 e. The van der Waals surface area contributed by atoms with E-state index < -0.39 is 5.82 Å². The van der Waals surface area contributed by atoms with E-state index in [9.17, 15) is 9.18 Å². The van der Waals surface area contributed by atoms with Crippen molar-refractivity contribution in [2.75, 3.05) is 11.9 Å². The van der Waals surface area contributed by atoms with Crippen molar-refractivity contribution in [3.8, 4) is 22.9 Å². The first-order valence-corrected chi connectivity index (χ1v) is 10.7. The fourth-order valence-electron chi connectivity index (χ4n) is 3.53. The average molecular weight is 457 g/mol. The van der Waals surface area contributed by atoms with E-state index in [2.05, 4.69) is 27.4 Å². The van der Waals surface area contributed by atoms with E-state index >= 15 is 0 Å². The first-order valence-electron chi connectivity index (χ1n) is 10.7. The van der Waals surface area contributed by atoms with Gasteiger partial charge in [-0.1, -0.05) is 25.1 Å². The molecule has 0 bridgehead atoms. The number of benzene rings is 3. The highest BCUT2D eigenvalue weighted by Crippen LogP contribution is 2.28. The van der Waals surface area contributed by atoms with E-state index in [1.165, 1.54) is 6.07 Å². The zero-order valence-corrected chi connectivity index (χ0v) is 18.2. The van der Waals surface area contributed by atoms with Gasteiger partial charge in [0.2, 0.25) is 5.89 Å². The minimum atomic E-state index is -0.419. The number of ether oxygens (including phenoxy) is 1. The molecule has 5 rings (SSSR count). The predicted octanol–water partition coefficient (Wildman–Crippen LogP) is 4.79. The maximum atomic E-state index is 14.1. The second-order valence-corrected chi connectivity index (χ2v) is 7.54. The van der Waals surface area contributed by atoms with Gasteiger partial charge in [-0.2, -0.15) is 0 Å². The van der Waals surface area contributed by atoms with Crippen LogP contribution < -0.4 is 10.1 Å². The van der Waals surface area contributed by atoms with Crippen LogP contribution in [-0.4, -0.2) is 32.3 Å². The topological polar surface area (TPSA) is 95.1 Å². The number of aryl methyl sites for hydroxylation is 1. The zero-order chi connectivity index (χ0) is 23.5. The van der Waals surface area contributed by atoms with Gasteiger partial charge in [-0.15, -0.1) is 10.2 Å². The number of oxazole rings is 1. The first-order chi connectivity index (χ1) is 16.6.